The summed E-state index contributed by atoms with van der Waals surface area (Å²) in [6, 6.07) is 10.4. The van der Waals surface area contributed by atoms with Crippen LogP contribution in [-0.2, 0) is 20.9 Å². The smallest absolute Gasteiger partial charge is 0.338 e. The maximum atomic E-state index is 12.0. The van der Waals surface area contributed by atoms with Gasteiger partial charge in [-0.3, -0.25) is 4.79 Å². The van der Waals surface area contributed by atoms with Crippen molar-refractivity contribution in [2.45, 2.75) is 26.6 Å². The summed E-state index contributed by atoms with van der Waals surface area (Å²) >= 11 is 1.23. The van der Waals surface area contributed by atoms with Crippen LogP contribution in [0.4, 0.5) is 5.00 Å². The summed E-state index contributed by atoms with van der Waals surface area (Å²) in [5.74, 6) is -1.08. The van der Waals surface area contributed by atoms with Gasteiger partial charge < -0.3 is 14.8 Å². The minimum atomic E-state index is -0.585. The largest absolute Gasteiger partial charge is 0.452 e. The number of carbonyl (C=O) groups excluding carboxylic acids is 2. The van der Waals surface area contributed by atoms with E-state index in [0.29, 0.717) is 22.7 Å². The monoisotopic (exact) mass is 358 g/mol. The number of benzene rings is 1. The van der Waals surface area contributed by atoms with Gasteiger partial charge in [-0.2, -0.15) is 5.26 Å². The van der Waals surface area contributed by atoms with E-state index in [-0.39, 0.29) is 6.10 Å². The molecular weight excluding hydrogens is 340 g/mol. The fourth-order valence-electron chi connectivity index (χ4n) is 1.87. The third kappa shape index (κ3) is 5.71. The third-order valence-corrected chi connectivity index (χ3v) is 3.98. The SMILES string of the molecule is CC(C)OCc1ccc(C(=O)OCC(=O)Nc2sccc2C#N)cc1. The van der Waals surface area contributed by atoms with Gasteiger partial charge in [0.2, 0.25) is 0 Å². The maximum Gasteiger partial charge on any atom is 0.338 e. The van der Waals surface area contributed by atoms with Crippen LogP contribution in [0, 0.1) is 11.3 Å². The standard InChI is InChI=1S/C18H18N2O4S/c1-12(2)23-10-13-3-5-14(6-4-13)18(22)24-11-16(21)20-17-15(9-19)7-8-25-17/h3-8,12H,10-11H2,1-2H3,(H,20,21). The molecule has 130 valence electrons. The first kappa shape index (κ1) is 18.6. The summed E-state index contributed by atoms with van der Waals surface area (Å²) < 4.78 is 10.5. The van der Waals surface area contributed by atoms with Crippen LogP contribution >= 0.6 is 11.3 Å². The molecule has 0 radical (unpaired) electrons. The molecule has 0 fully saturated rings. The molecule has 2 rings (SSSR count). The molecule has 6 nitrogen and oxygen atoms in total. The molecule has 0 atom stereocenters. The van der Waals surface area contributed by atoms with E-state index < -0.39 is 18.5 Å². The Hall–Kier alpha value is -2.69. The number of nitrogens with zero attached hydrogens (tertiary/aromatic N) is 1. The van der Waals surface area contributed by atoms with Gasteiger partial charge in [-0.15, -0.1) is 11.3 Å². The maximum absolute atomic E-state index is 12.0. The zero-order valence-electron chi connectivity index (χ0n) is 13.9. The van der Waals surface area contributed by atoms with Crippen molar-refractivity contribution in [1.82, 2.24) is 0 Å². The number of nitrogens with one attached hydrogen (secondary N) is 1. The predicted molar refractivity (Wildman–Crippen MR) is 94.3 cm³/mol. The third-order valence-electron chi connectivity index (χ3n) is 3.15. The zero-order chi connectivity index (χ0) is 18.2. The lowest BCUT2D eigenvalue weighted by Crippen LogP contribution is -2.20. The van der Waals surface area contributed by atoms with Gasteiger partial charge in [-0.25, -0.2) is 4.79 Å². The van der Waals surface area contributed by atoms with Gasteiger partial charge in [0, 0.05) is 0 Å². The molecule has 0 aliphatic heterocycles. The van der Waals surface area contributed by atoms with Crippen LogP contribution in [0.15, 0.2) is 35.7 Å². The summed E-state index contributed by atoms with van der Waals surface area (Å²) in [5.41, 5.74) is 1.68. The Kier molecular flexibility index (Phi) is 6.69. The minimum Gasteiger partial charge on any atom is -0.452 e. The number of anilines is 1. The van der Waals surface area contributed by atoms with Gasteiger partial charge in [0.05, 0.1) is 23.8 Å². The lowest BCUT2D eigenvalue weighted by Gasteiger charge is -2.08. The normalized spacial score (nSPS) is 10.3. The first-order valence-electron chi connectivity index (χ1n) is 7.64. The minimum absolute atomic E-state index is 0.132. The van der Waals surface area contributed by atoms with Crippen LogP contribution < -0.4 is 5.32 Å². The van der Waals surface area contributed by atoms with E-state index in [0.717, 1.165) is 5.56 Å². The fraction of sp³-hybridized carbons (Fsp3) is 0.278. The van der Waals surface area contributed by atoms with Crippen molar-refractivity contribution >= 4 is 28.2 Å². The lowest BCUT2D eigenvalue weighted by molar-refractivity contribution is -0.119. The van der Waals surface area contributed by atoms with Gasteiger partial charge >= 0.3 is 5.97 Å². The van der Waals surface area contributed by atoms with Crippen molar-refractivity contribution in [1.29, 1.82) is 5.26 Å². The van der Waals surface area contributed by atoms with Crippen molar-refractivity contribution in [2.24, 2.45) is 0 Å². The number of rotatable bonds is 7. The molecule has 7 heteroatoms. The fourth-order valence-corrected chi connectivity index (χ4v) is 2.62. The van der Waals surface area contributed by atoms with Crippen molar-refractivity contribution in [3.05, 3.63) is 52.4 Å². The molecule has 0 spiro atoms. The molecule has 2 aromatic rings. The highest BCUT2D eigenvalue weighted by Crippen LogP contribution is 2.21. The highest BCUT2D eigenvalue weighted by atomic mass is 32.1. The number of esters is 1. The van der Waals surface area contributed by atoms with Crippen molar-refractivity contribution in [2.75, 3.05) is 11.9 Å². The molecule has 0 aliphatic carbocycles. The van der Waals surface area contributed by atoms with Crippen LogP contribution in [0.3, 0.4) is 0 Å². The Morgan fingerprint density at radius 1 is 1.24 bits per heavy atom. The average molecular weight is 358 g/mol. The second-order valence-corrected chi connectivity index (χ2v) is 6.37. The van der Waals surface area contributed by atoms with Gasteiger partial charge in [0.15, 0.2) is 6.61 Å². The summed E-state index contributed by atoms with van der Waals surface area (Å²) in [4.78, 5) is 23.8. The Bertz CT molecular complexity index is 775. The molecule has 0 bridgehead atoms. The second kappa shape index (κ2) is 8.97. The highest BCUT2D eigenvalue weighted by Gasteiger charge is 2.12. The number of carbonyl (C=O) groups is 2. The molecule has 1 aromatic carbocycles. The molecule has 1 amide bonds. The van der Waals surface area contributed by atoms with E-state index in [1.54, 1.807) is 35.7 Å². The Morgan fingerprint density at radius 3 is 2.60 bits per heavy atom. The average Bonchev–Trinajstić information content (AvgIpc) is 3.05. The first-order valence-corrected chi connectivity index (χ1v) is 8.52. The van der Waals surface area contributed by atoms with Crippen molar-refractivity contribution < 1.29 is 19.1 Å². The molecule has 1 heterocycles. The van der Waals surface area contributed by atoms with Gasteiger partial charge in [0.25, 0.3) is 5.91 Å². The molecule has 1 aromatic heterocycles. The van der Waals surface area contributed by atoms with E-state index in [4.69, 9.17) is 14.7 Å². The number of thiophene rings is 1. The van der Waals surface area contributed by atoms with Gasteiger partial charge in [0.1, 0.15) is 11.1 Å². The van der Waals surface area contributed by atoms with Crippen molar-refractivity contribution in [3.63, 3.8) is 0 Å². The molecule has 0 aliphatic rings. The molecule has 0 saturated carbocycles. The van der Waals surface area contributed by atoms with Crippen LogP contribution in [0.5, 0.6) is 0 Å². The van der Waals surface area contributed by atoms with E-state index in [2.05, 4.69) is 5.32 Å². The quantitative estimate of drug-likeness (QED) is 0.767. The van der Waals surface area contributed by atoms with Crippen LogP contribution in [-0.4, -0.2) is 24.6 Å². The number of nitriles is 1. The zero-order valence-corrected chi connectivity index (χ0v) is 14.8. The molecule has 0 saturated heterocycles. The van der Waals surface area contributed by atoms with Crippen LogP contribution in [0.1, 0.15) is 35.3 Å². The predicted octanol–water partition coefficient (Wildman–Crippen LogP) is 3.34. The van der Waals surface area contributed by atoms with E-state index in [1.165, 1.54) is 11.3 Å². The summed E-state index contributed by atoms with van der Waals surface area (Å²) in [5, 5.41) is 13.6. The van der Waals surface area contributed by atoms with E-state index >= 15 is 0 Å². The Labute approximate surface area is 150 Å². The topological polar surface area (TPSA) is 88.4 Å². The summed E-state index contributed by atoms with van der Waals surface area (Å²) in [6.07, 6.45) is 0.132. The van der Waals surface area contributed by atoms with E-state index in [9.17, 15) is 9.59 Å². The number of ether oxygens (including phenoxy) is 2. The Balaban J connectivity index is 1.83. The van der Waals surface area contributed by atoms with Gasteiger partial charge in [-0.1, -0.05) is 12.1 Å². The first-order chi connectivity index (χ1) is 12.0. The molecule has 25 heavy (non-hydrogen) atoms. The molecule has 1 N–H and O–H groups in total. The highest BCUT2D eigenvalue weighted by molar-refractivity contribution is 7.14. The Morgan fingerprint density at radius 2 is 1.96 bits per heavy atom. The molecular formula is C18H18N2O4S. The van der Waals surface area contributed by atoms with E-state index in [1.807, 2.05) is 19.9 Å². The summed E-state index contributed by atoms with van der Waals surface area (Å²) in [7, 11) is 0. The number of amides is 1. The van der Waals surface area contributed by atoms with Crippen molar-refractivity contribution in [3.8, 4) is 6.07 Å². The second-order valence-electron chi connectivity index (χ2n) is 5.46. The van der Waals surface area contributed by atoms with Crippen LogP contribution in [0.25, 0.3) is 0 Å². The van der Waals surface area contributed by atoms with Gasteiger partial charge in [-0.05, 0) is 43.0 Å². The summed E-state index contributed by atoms with van der Waals surface area (Å²) in [6.45, 7) is 3.95. The lowest BCUT2D eigenvalue weighted by atomic mass is 10.1. The molecule has 0 unspecified atom stereocenters. The number of hydrogen-bond acceptors (Lipinski definition) is 6. The van der Waals surface area contributed by atoms with Crippen LogP contribution in [0.2, 0.25) is 0 Å². The number of hydrogen-bond donors (Lipinski definition) is 1.